The van der Waals surface area contributed by atoms with Crippen LogP contribution in [-0.2, 0) is 5.54 Å². The van der Waals surface area contributed by atoms with E-state index in [4.69, 9.17) is 4.98 Å². The number of hydrogen-bond donors (Lipinski definition) is 1. The third-order valence-electron chi connectivity index (χ3n) is 3.86. The van der Waals surface area contributed by atoms with Crippen molar-refractivity contribution >= 4 is 23.1 Å². The summed E-state index contributed by atoms with van der Waals surface area (Å²) in [6, 6.07) is 0. The van der Waals surface area contributed by atoms with Crippen molar-refractivity contribution in [1.82, 2.24) is 10.3 Å². The van der Waals surface area contributed by atoms with Crippen LogP contribution in [0.3, 0.4) is 0 Å². The molecule has 2 heterocycles. The molecule has 1 aliphatic heterocycles. The normalized spacial score (nSPS) is 26.1. The largest absolute Gasteiger partial charge is 0.305 e. The number of nitrogens with zero attached hydrogens (tertiary/aromatic N) is 1. The molecule has 1 fully saturated rings. The van der Waals surface area contributed by atoms with Crippen molar-refractivity contribution in [2.24, 2.45) is 5.41 Å². The summed E-state index contributed by atoms with van der Waals surface area (Å²) in [6.07, 6.45) is 2.37. The van der Waals surface area contributed by atoms with Gasteiger partial charge in [-0.15, -0.1) is 11.3 Å². The first-order chi connectivity index (χ1) is 9.38. The Hall–Kier alpha value is -0.0600. The molecule has 1 unspecified atom stereocenters. The lowest BCUT2D eigenvalue weighted by molar-refractivity contribution is 0.224. The van der Waals surface area contributed by atoms with Crippen LogP contribution in [0.2, 0.25) is 0 Å². The van der Waals surface area contributed by atoms with E-state index in [1.54, 1.807) is 0 Å². The fraction of sp³-hybridized carbons (Fsp3) is 0.812. The first-order valence-electron chi connectivity index (χ1n) is 7.67. The summed E-state index contributed by atoms with van der Waals surface area (Å²) in [4.78, 5) is 4.97. The quantitative estimate of drug-likeness (QED) is 0.858. The van der Waals surface area contributed by atoms with Gasteiger partial charge in [-0.1, -0.05) is 34.6 Å². The van der Waals surface area contributed by atoms with Crippen molar-refractivity contribution in [3.8, 4) is 0 Å². The zero-order valence-electron chi connectivity index (χ0n) is 13.5. The Labute approximate surface area is 132 Å². The van der Waals surface area contributed by atoms with Gasteiger partial charge in [-0.2, -0.15) is 11.8 Å². The molecule has 2 rings (SSSR count). The molecule has 1 aromatic heterocycles. The van der Waals surface area contributed by atoms with Crippen LogP contribution in [0.1, 0.15) is 64.1 Å². The predicted octanol–water partition coefficient (Wildman–Crippen LogP) is 4.62. The fourth-order valence-electron chi connectivity index (χ4n) is 2.88. The number of thioether (sulfide) groups is 1. The van der Waals surface area contributed by atoms with E-state index in [2.05, 4.69) is 57.1 Å². The van der Waals surface area contributed by atoms with Gasteiger partial charge in [0.15, 0.2) is 0 Å². The molecule has 114 valence electrons. The topological polar surface area (TPSA) is 24.9 Å². The third kappa shape index (κ3) is 3.58. The van der Waals surface area contributed by atoms with Gasteiger partial charge in [-0.05, 0) is 36.5 Å². The summed E-state index contributed by atoms with van der Waals surface area (Å²) in [5.74, 6) is 2.93. The van der Waals surface area contributed by atoms with Crippen LogP contribution < -0.4 is 5.32 Å². The van der Waals surface area contributed by atoms with Crippen molar-refractivity contribution < 1.29 is 0 Å². The Kier molecular flexibility index (Phi) is 5.19. The second-order valence-electron chi connectivity index (χ2n) is 7.07. The molecule has 20 heavy (non-hydrogen) atoms. The number of thiazole rings is 1. The van der Waals surface area contributed by atoms with Gasteiger partial charge >= 0.3 is 0 Å². The Morgan fingerprint density at radius 3 is 2.65 bits per heavy atom. The summed E-state index contributed by atoms with van der Waals surface area (Å²) in [5, 5.41) is 7.39. The lowest BCUT2D eigenvalue weighted by Crippen LogP contribution is -2.51. The van der Waals surface area contributed by atoms with E-state index in [9.17, 15) is 0 Å². The number of aromatic nitrogens is 1. The summed E-state index contributed by atoms with van der Waals surface area (Å²) < 4.78 is 0. The Morgan fingerprint density at radius 1 is 1.35 bits per heavy atom. The van der Waals surface area contributed by atoms with E-state index in [1.807, 2.05) is 11.3 Å². The maximum Gasteiger partial charge on any atom is 0.114 e. The molecular formula is C16H28N2S2. The smallest absolute Gasteiger partial charge is 0.114 e. The van der Waals surface area contributed by atoms with E-state index >= 15 is 0 Å². The van der Waals surface area contributed by atoms with E-state index in [0.717, 1.165) is 12.3 Å². The highest BCUT2D eigenvalue weighted by molar-refractivity contribution is 7.99. The van der Waals surface area contributed by atoms with Crippen LogP contribution in [0.4, 0.5) is 0 Å². The monoisotopic (exact) mass is 312 g/mol. The average Bonchev–Trinajstić information content (AvgIpc) is 2.85. The van der Waals surface area contributed by atoms with Crippen LogP contribution in [0.25, 0.3) is 0 Å². The molecule has 1 saturated heterocycles. The van der Waals surface area contributed by atoms with Gasteiger partial charge in [0.1, 0.15) is 5.01 Å². The molecule has 0 aromatic carbocycles. The molecule has 0 amide bonds. The first-order valence-corrected chi connectivity index (χ1v) is 9.71. The average molecular weight is 313 g/mol. The standard InChI is InChI=1S/C16H28N2S2/c1-6-7-17-16(9-15(4,5)10-19-11-16)14-18-13(8-20-14)12(2)3/h8,12,17H,6-7,9-11H2,1-5H3. The highest BCUT2D eigenvalue weighted by atomic mass is 32.2. The molecule has 0 spiro atoms. The minimum atomic E-state index is 0.0836. The maximum atomic E-state index is 4.97. The molecule has 1 N–H and O–H groups in total. The lowest BCUT2D eigenvalue weighted by Gasteiger charge is -2.44. The van der Waals surface area contributed by atoms with E-state index in [0.29, 0.717) is 11.3 Å². The van der Waals surface area contributed by atoms with Crippen molar-refractivity contribution in [1.29, 1.82) is 0 Å². The highest BCUT2D eigenvalue weighted by Crippen LogP contribution is 2.45. The van der Waals surface area contributed by atoms with Crippen LogP contribution in [0, 0.1) is 5.41 Å². The summed E-state index contributed by atoms with van der Waals surface area (Å²) in [5.41, 5.74) is 1.71. The molecule has 0 saturated carbocycles. The van der Waals surface area contributed by atoms with Crippen LogP contribution in [0.5, 0.6) is 0 Å². The molecule has 0 radical (unpaired) electrons. The minimum Gasteiger partial charge on any atom is -0.305 e. The predicted molar refractivity (Wildman–Crippen MR) is 91.9 cm³/mol. The molecule has 0 aliphatic carbocycles. The number of nitrogens with one attached hydrogen (secondary N) is 1. The van der Waals surface area contributed by atoms with Crippen LogP contribution in [0.15, 0.2) is 5.38 Å². The SMILES string of the molecule is CCCNC1(c2nc(C(C)C)cs2)CSCC(C)(C)C1. The third-order valence-corrected chi connectivity index (χ3v) is 6.60. The number of rotatable bonds is 5. The van der Waals surface area contributed by atoms with Gasteiger partial charge < -0.3 is 5.32 Å². The zero-order chi connectivity index (χ0) is 14.8. The Balaban J connectivity index is 2.30. The second-order valence-corrected chi connectivity index (χ2v) is 8.92. The van der Waals surface area contributed by atoms with Gasteiger partial charge in [-0.25, -0.2) is 4.98 Å². The molecule has 4 heteroatoms. The molecule has 1 aromatic rings. The van der Waals surface area contributed by atoms with Gasteiger partial charge in [0.05, 0.1) is 11.2 Å². The van der Waals surface area contributed by atoms with E-state index < -0.39 is 0 Å². The van der Waals surface area contributed by atoms with Crippen LogP contribution >= 0.6 is 23.1 Å². The molecule has 0 bridgehead atoms. The minimum absolute atomic E-state index is 0.0836. The molecule has 2 nitrogen and oxygen atoms in total. The highest BCUT2D eigenvalue weighted by Gasteiger charge is 2.43. The summed E-state index contributed by atoms with van der Waals surface area (Å²) in [7, 11) is 0. The van der Waals surface area contributed by atoms with E-state index in [-0.39, 0.29) is 5.54 Å². The summed E-state index contributed by atoms with van der Waals surface area (Å²) >= 11 is 3.92. The van der Waals surface area contributed by atoms with Crippen molar-refractivity contribution in [3.05, 3.63) is 16.1 Å². The molecule has 1 atom stereocenters. The van der Waals surface area contributed by atoms with Crippen LogP contribution in [-0.4, -0.2) is 23.0 Å². The van der Waals surface area contributed by atoms with Crippen molar-refractivity contribution in [3.63, 3.8) is 0 Å². The Morgan fingerprint density at radius 2 is 2.10 bits per heavy atom. The maximum absolute atomic E-state index is 4.97. The van der Waals surface area contributed by atoms with Crippen molar-refractivity contribution in [2.45, 2.75) is 58.9 Å². The molecule has 1 aliphatic rings. The van der Waals surface area contributed by atoms with Gasteiger partial charge in [0.2, 0.25) is 0 Å². The second kappa shape index (κ2) is 6.37. The van der Waals surface area contributed by atoms with Gasteiger partial charge in [0.25, 0.3) is 0 Å². The zero-order valence-corrected chi connectivity index (χ0v) is 15.1. The Bertz CT molecular complexity index is 439. The first kappa shape index (κ1) is 16.3. The van der Waals surface area contributed by atoms with Crippen molar-refractivity contribution in [2.75, 3.05) is 18.1 Å². The lowest BCUT2D eigenvalue weighted by atomic mass is 9.80. The molecular weight excluding hydrogens is 284 g/mol. The van der Waals surface area contributed by atoms with E-state index in [1.165, 1.54) is 29.3 Å². The fourth-order valence-corrected chi connectivity index (χ4v) is 5.58. The number of hydrogen-bond acceptors (Lipinski definition) is 4. The van der Waals surface area contributed by atoms with Gasteiger partial charge in [0, 0.05) is 11.1 Å². The summed E-state index contributed by atoms with van der Waals surface area (Å²) in [6.45, 7) is 12.5. The van der Waals surface area contributed by atoms with Gasteiger partial charge in [-0.3, -0.25) is 0 Å².